The Morgan fingerprint density at radius 1 is 1.29 bits per heavy atom. The van der Waals surface area contributed by atoms with E-state index in [1.807, 2.05) is 18.2 Å². The Morgan fingerprint density at radius 2 is 2.12 bits per heavy atom. The van der Waals surface area contributed by atoms with Crippen molar-refractivity contribution in [2.45, 2.75) is 12.3 Å². The first-order valence-electron chi connectivity index (χ1n) is 5.68. The Labute approximate surface area is 101 Å². The Bertz CT molecular complexity index is 614. The second-order valence-corrected chi connectivity index (χ2v) is 4.49. The van der Waals surface area contributed by atoms with E-state index in [0.717, 1.165) is 28.9 Å². The Morgan fingerprint density at radius 3 is 2.88 bits per heavy atom. The largest absolute Gasteiger partial charge is 0.399 e. The standard InChI is InChI=1S/C15H14N2/c1-2-11-14-7-9(16)3-5-12(14)13-6-4-10(17)8-15(11)13/h3-5,7-8,13H,1,6,16-17H2. The number of hydrogen-bond acceptors (Lipinski definition) is 2. The van der Waals surface area contributed by atoms with Gasteiger partial charge in [0.2, 0.25) is 0 Å². The van der Waals surface area contributed by atoms with Gasteiger partial charge in [-0.3, -0.25) is 0 Å². The summed E-state index contributed by atoms with van der Waals surface area (Å²) in [5.74, 6) is 0.391. The van der Waals surface area contributed by atoms with E-state index in [1.54, 1.807) is 0 Å². The van der Waals surface area contributed by atoms with Gasteiger partial charge in [-0.15, -0.1) is 5.73 Å². The quantitative estimate of drug-likeness (QED) is 0.524. The fourth-order valence-corrected chi connectivity index (χ4v) is 2.71. The Kier molecular flexibility index (Phi) is 2.01. The maximum absolute atomic E-state index is 5.87. The summed E-state index contributed by atoms with van der Waals surface area (Å²) in [6.07, 6.45) is 5.04. The lowest BCUT2D eigenvalue weighted by atomic mass is 9.89. The van der Waals surface area contributed by atoms with Gasteiger partial charge in [0.15, 0.2) is 0 Å². The second-order valence-electron chi connectivity index (χ2n) is 4.49. The molecule has 0 saturated carbocycles. The number of rotatable bonds is 0. The molecule has 1 unspecified atom stereocenters. The van der Waals surface area contributed by atoms with E-state index in [0.29, 0.717) is 5.92 Å². The van der Waals surface area contributed by atoms with Gasteiger partial charge in [-0.05, 0) is 41.3 Å². The molecule has 0 heterocycles. The zero-order chi connectivity index (χ0) is 12.0. The van der Waals surface area contributed by atoms with Crippen LogP contribution in [0.4, 0.5) is 5.69 Å². The van der Waals surface area contributed by atoms with Crippen LogP contribution in [-0.4, -0.2) is 0 Å². The molecule has 0 aliphatic heterocycles. The summed E-state index contributed by atoms with van der Waals surface area (Å²) < 4.78 is 0. The zero-order valence-corrected chi connectivity index (χ0v) is 9.53. The molecule has 17 heavy (non-hydrogen) atoms. The van der Waals surface area contributed by atoms with E-state index in [1.165, 1.54) is 11.1 Å². The number of hydrogen-bond donors (Lipinski definition) is 2. The Hall–Kier alpha value is -2.18. The highest BCUT2D eigenvalue weighted by atomic mass is 14.6. The lowest BCUT2D eigenvalue weighted by molar-refractivity contribution is 0.833. The summed E-state index contributed by atoms with van der Waals surface area (Å²) in [4.78, 5) is 0. The first-order chi connectivity index (χ1) is 8.20. The minimum absolute atomic E-state index is 0.391. The van der Waals surface area contributed by atoms with Crippen molar-refractivity contribution in [1.82, 2.24) is 0 Å². The molecule has 2 aliphatic carbocycles. The molecule has 2 heteroatoms. The molecule has 2 nitrogen and oxygen atoms in total. The molecular weight excluding hydrogens is 208 g/mol. The smallest absolute Gasteiger partial charge is 0.0320 e. The average molecular weight is 222 g/mol. The summed E-state index contributed by atoms with van der Waals surface area (Å²) in [7, 11) is 0. The minimum Gasteiger partial charge on any atom is -0.399 e. The molecule has 0 spiro atoms. The third kappa shape index (κ3) is 1.35. The lowest BCUT2D eigenvalue weighted by Crippen LogP contribution is -2.05. The first-order valence-corrected chi connectivity index (χ1v) is 5.68. The van der Waals surface area contributed by atoms with Crippen LogP contribution in [0.5, 0.6) is 0 Å². The van der Waals surface area contributed by atoms with Crippen LogP contribution in [0.15, 0.2) is 53.9 Å². The number of anilines is 1. The number of fused-ring (bicyclic) bond motifs is 3. The van der Waals surface area contributed by atoms with Gasteiger partial charge in [-0.2, -0.15) is 0 Å². The molecule has 1 aromatic carbocycles. The molecule has 1 atom stereocenters. The SMILES string of the molecule is C=C=C1C2=CC(N)=CCC2c2ccc(N)cc21. The molecular formula is C15H14N2. The lowest BCUT2D eigenvalue weighted by Gasteiger charge is -2.16. The van der Waals surface area contributed by atoms with Crippen molar-refractivity contribution in [2.24, 2.45) is 5.73 Å². The molecule has 0 amide bonds. The van der Waals surface area contributed by atoms with Gasteiger partial charge in [0.05, 0.1) is 0 Å². The van der Waals surface area contributed by atoms with E-state index in [4.69, 9.17) is 11.5 Å². The van der Waals surface area contributed by atoms with Gasteiger partial charge in [0, 0.05) is 22.9 Å². The van der Waals surface area contributed by atoms with Crippen molar-refractivity contribution >= 4 is 11.3 Å². The van der Waals surface area contributed by atoms with Crippen molar-refractivity contribution in [1.29, 1.82) is 0 Å². The minimum atomic E-state index is 0.391. The number of benzene rings is 1. The summed E-state index contributed by atoms with van der Waals surface area (Å²) in [5, 5.41) is 0. The molecule has 1 aromatic rings. The van der Waals surface area contributed by atoms with Crippen molar-refractivity contribution in [3.05, 3.63) is 65.1 Å². The maximum atomic E-state index is 5.87. The average Bonchev–Trinajstić information content (AvgIpc) is 2.60. The molecule has 0 bridgehead atoms. The first kappa shape index (κ1) is 10.0. The Balaban J connectivity index is 2.26. The van der Waals surface area contributed by atoms with E-state index < -0.39 is 0 Å². The molecule has 4 N–H and O–H groups in total. The normalized spacial score (nSPS) is 21.2. The fraction of sp³-hybridized carbons (Fsp3) is 0.133. The van der Waals surface area contributed by atoms with Gasteiger partial charge >= 0.3 is 0 Å². The number of nitrogen functional groups attached to an aromatic ring is 1. The van der Waals surface area contributed by atoms with Crippen LogP contribution >= 0.6 is 0 Å². The third-order valence-electron chi connectivity index (χ3n) is 3.47. The van der Waals surface area contributed by atoms with Crippen molar-refractivity contribution in [2.75, 3.05) is 5.73 Å². The van der Waals surface area contributed by atoms with Crippen LogP contribution in [0.3, 0.4) is 0 Å². The maximum Gasteiger partial charge on any atom is 0.0320 e. The van der Waals surface area contributed by atoms with Gasteiger partial charge in [0.1, 0.15) is 0 Å². The van der Waals surface area contributed by atoms with Crippen molar-refractivity contribution < 1.29 is 0 Å². The van der Waals surface area contributed by atoms with Gasteiger partial charge in [-0.1, -0.05) is 18.7 Å². The van der Waals surface area contributed by atoms with E-state index >= 15 is 0 Å². The van der Waals surface area contributed by atoms with Gasteiger partial charge < -0.3 is 11.5 Å². The molecule has 3 rings (SSSR count). The second kappa shape index (κ2) is 3.41. The predicted molar refractivity (Wildman–Crippen MR) is 71.1 cm³/mol. The van der Waals surface area contributed by atoms with E-state index in [-0.39, 0.29) is 0 Å². The van der Waals surface area contributed by atoms with Crippen LogP contribution in [0.2, 0.25) is 0 Å². The van der Waals surface area contributed by atoms with Crippen LogP contribution in [-0.2, 0) is 0 Å². The molecule has 0 radical (unpaired) electrons. The van der Waals surface area contributed by atoms with Crippen LogP contribution in [0.25, 0.3) is 5.57 Å². The zero-order valence-electron chi connectivity index (χ0n) is 9.53. The molecule has 0 fully saturated rings. The van der Waals surface area contributed by atoms with Gasteiger partial charge in [0.25, 0.3) is 0 Å². The highest BCUT2D eigenvalue weighted by Gasteiger charge is 2.32. The fourth-order valence-electron chi connectivity index (χ4n) is 2.71. The predicted octanol–water partition coefficient (Wildman–Crippen LogP) is 2.71. The van der Waals surface area contributed by atoms with E-state index in [9.17, 15) is 0 Å². The van der Waals surface area contributed by atoms with Crippen molar-refractivity contribution in [3.63, 3.8) is 0 Å². The summed E-state index contributed by atoms with van der Waals surface area (Å²) in [5.41, 5.74) is 21.1. The highest BCUT2D eigenvalue weighted by Crippen LogP contribution is 2.49. The van der Waals surface area contributed by atoms with Crippen LogP contribution < -0.4 is 11.5 Å². The number of allylic oxidation sites excluding steroid dienone is 4. The summed E-state index contributed by atoms with van der Waals surface area (Å²) >= 11 is 0. The monoisotopic (exact) mass is 222 g/mol. The third-order valence-corrected chi connectivity index (χ3v) is 3.47. The number of nitrogens with two attached hydrogens (primary N) is 2. The van der Waals surface area contributed by atoms with Crippen LogP contribution in [0.1, 0.15) is 23.5 Å². The molecule has 0 aromatic heterocycles. The van der Waals surface area contributed by atoms with Gasteiger partial charge in [-0.25, -0.2) is 0 Å². The van der Waals surface area contributed by atoms with Crippen molar-refractivity contribution in [3.8, 4) is 0 Å². The topological polar surface area (TPSA) is 52.0 Å². The highest BCUT2D eigenvalue weighted by molar-refractivity contribution is 5.89. The van der Waals surface area contributed by atoms with Crippen LogP contribution in [0, 0.1) is 0 Å². The summed E-state index contributed by atoms with van der Waals surface area (Å²) in [6.45, 7) is 3.78. The molecule has 0 saturated heterocycles. The molecule has 84 valence electrons. The summed E-state index contributed by atoms with van der Waals surface area (Å²) in [6, 6.07) is 6.05. The molecule has 2 aliphatic rings. The van der Waals surface area contributed by atoms with E-state index in [2.05, 4.69) is 24.5 Å².